The van der Waals surface area contributed by atoms with E-state index in [0.717, 1.165) is 62.6 Å². The van der Waals surface area contributed by atoms with Gasteiger partial charge in [-0.15, -0.1) is 11.3 Å². The third kappa shape index (κ3) is 5.50. The molecule has 0 unspecified atom stereocenters. The van der Waals surface area contributed by atoms with Crippen molar-refractivity contribution in [3.8, 4) is 0 Å². The minimum atomic E-state index is -0.462. The maximum atomic E-state index is 13.0. The van der Waals surface area contributed by atoms with Crippen molar-refractivity contribution in [3.05, 3.63) is 51.9 Å². The molecular formula is C26H34N4O3S. The Hall–Kier alpha value is -2.71. The molecule has 1 aromatic heterocycles. The van der Waals surface area contributed by atoms with Crippen molar-refractivity contribution >= 4 is 34.1 Å². The molecule has 0 radical (unpaired) electrons. The van der Waals surface area contributed by atoms with Gasteiger partial charge in [0.05, 0.1) is 12.1 Å². The summed E-state index contributed by atoms with van der Waals surface area (Å²) in [6.45, 7) is 4.56. The fraction of sp³-hybridized carbons (Fsp3) is 0.500. The van der Waals surface area contributed by atoms with Crippen molar-refractivity contribution in [3.63, 3.8) is 0 Å². The maximum absolute atomic E-state index is 13.0. The van der Waals surface area contributed by atoms with E-state index in [0.29, 0.717) is 23.7 Å². The molecule has 3 amide bonds. The Morgan fingerprint density at radius 2 is 1.82 bits per heavy atom. The third-order valence-electron chi connectivity index (χ3n) is 6.82. The largest absolute Gasteiger partial charge is 0.365 e. The van der Waals surface area contributed by atoms with Gasteiger partial charge in [0.1, 0.15) is 5.00 Å². The predicted molar refractivity (Wildman–Crippen MR) is 135 cm³/mol. The molecule has 2 aromatic rings. The number of likely N-dealkylation sites (tertiary alicyclic amines) is 1. The van der Waals surface area contributed by atoms with Gasteiger partial charge in [-0.25, -0.2) is 0 Å². The molecule has 0 saturated carbocycles. The second-order valence-corrected chi connectivity index (χ2v) is 10.3. The van der Waals surface area contributed by atoms with Crippen LogP contribution in [0.5, 0.6) is 0 Å². The van der Waals surface area contributed by atoms with Crippen molar-refractivity contribution in [1.29, 1.82) is 0 Å². The SMILES string of the molecule is CCCN(CC(=O)Nc1sc2c(c1C(N)=O)CCCC2)C1CCN(C(=O)c2ccccc2)CC1. The number of fused-ring (bicyclic) bond motifs is 1. The Labute approximate surface area is 205 Å². The van der Waals surface area contributed by atoms with Gasteiger partial charge in [0, 0.05) is 29.6 Å². The van der Waals surface area contributed by atoms with Gasteiger partial charge in [-0.05, 0) is 69.2 Å². The molecule has 182 valence electrons. The van der Waals surface area contributed by atoms with Crippen LogP contribution in [0.2, 0.25) is 0 Å². The number of primary amides is 1. The second-order valence-electron chi connectivity index (χ2n) is 9.19. The lowest BCUT2D eigenvalue weighted by atomic mass is 9.95. The van der Waals surface area contributed by atoms with Gasteiger partial charge in [-0.2, -0.15) is 0 Å². The molecule has 8 heteroatoms. The van der Waals surface area contributed by atoms with Crippen LogP contribution in [0.1, 0.15) is 70.2 Å². The normalized spacial score (nSPS) is 16.4. The molecule has 1 aliphatic carbocycles. The van der Waals surface area contributed by atoms with Gasteiger partial charge in [-0.3, -0.25) is 19.3 Å². The lowest BCUT2D eigenvalue weighted by molar-refractivity contribution is -0.118. The third-order valence-corrected chi connectivity index (χ3v) is 8.02. The standard InChI is InChI=1S/C26H34N4O3S/c1-2-14-30(19-12-15-29(16-13-19)26(33)18-8-4-3-5-9-18)17-22(31)28-25-23(24(27)32)20-10-6-7-11-21(20)34-25/h3-5,8-9,19H,2,6-7,10-17H2,1H3,(H2,27,32)(H,28,31). The van der Waals surface area contributed by atoms with Crippen molar-refractivity contribution in [2.24, 2.45) is 5.73 Å². The number of amides is 3. The Morgan fingerprint density at radius 1 is 1.12 bits per heavy atom. The molecule has 4 rings (SSSR count). The zero-order valence-corrected chi connectivity index (χ0v) is 20.7. The number of benzene rings is 1. The minimum absolute atomic E-state index is 0.0690. The fourth-order valence-corrected chi connectivity index (χ4v) is 6.45. The smallest absolute Gasteiger partial charge is 0.253 e. The molecule has 1 aliphatic heterocycles. The maximum Gasteiger partial charge on any atom is 0.253 e. The first kappa shape index (κ1) is 24.4. The van der Waals surface area contributed by atoms with Crippen LogP contribution in [0.15, 0.2) is 30.3 Å². The number of nitrogens with zero attached hydrogens (tertiary/aromatic N) is 2. The molecule has 2 aliphatic rings. The van der Waals surface area contributed by atoms with E-state index in [1.165, 1.54) is 16.2 Å². The highest BCUT2D eigenvalue weighted by Crippen LogP contribution is 2.37. The molecular weight excluding hydrogens is 448 g/mol. The number of anilines is 1. The molecule has 0 atom stereocenters. The van der Waals surface area contributed by atoms with Crippen molar-refractivity contribution in [2.75, 3.05) is 31.5 Å². The molecule has 1 fully saturated rings. The number of piperidine rings is 1. The summed E-state index contributed by atoms with van der Waals surface area (Å²) in [6.07, 6.45) is 6.57. The first-order valence-corrected chi connectivity index (χ1v) is 13.1. The Morgan fingerprint density at radius 3 is 2.50 bits per heavy atom. The van der Waals surface area contributed by atoms with Gasteiger partial charge >= 0.3 is 0 Å². The summed E-state index contributed by atoms with van der Waals surface area (Å²) in [5.41, 5.74) is 7.93. The van der Waals surface area contributed by atoms with Gasteiger partial charge in [0.25, 0.3) is 11.8 Å². The van der Waals surface area contributed by atoms with Crippen LogP contribution in [0.3, 0.4) is 0 Å². The van der Waals surface area contributed by atoms with Gasteiger partial charge in [0.2, 0.25) is 5.91 Å². The van der Waals surface area contributed by atoms with Crippen LogP contribution < -0.4 is 11.1 Å². The summed E-state index contributed by atoms with van der Waals surface area (Å²) in [5, 5.41) is 3.60. The van der Waals surface area contributed by atoms with Crippen molar-refractivity contribution in [1.82, 2.24) is 9.80 Å². The minimum Gasteiger partial charge on any atom is -0.365 e. The van der Waals surface area contributed by atoms with E-state index >= 15 is 0 Å². The Kier molecular flexibility index (Phi) is 8.00. The first-order chi connectivity index (χ1) is 16.5. The number of hydrogen-bond donors (Lipinski definition) is 2. The summed E-state index contributed by atoms with van der Waals surface area (Å²) < 4.78 is 0. The number of thiophene rings is 1. The van der Waals surface area contributed by atoms with E-state index in [-0.39, 0.29) is 24.4 Å². The van der Waals surface area contributed by atoms with Crippen molar-refractivity contribution in [2.45, 2.75) is 57.9 Å². The number of aryl methyl sites for hydroxylation is 1. The highest BCUT2D eigenvalue weighted by Gasteiger charge is 2.29. The van der Waals surface area contributed by atoms with Crippen LogP contribution in [0.25, 0.3) is 0 Å². The number of carbonyl (C=O) groups is 3. The van der Waals surface area contributed by atoms with Gasteiger partial charge in [0.15, 0.2) is 0 Å². The van der Waals surface area contributed by atoms with E-state index in [4.69, 9.17) is 5.73 Å². The van der Waals surface area contributed by atoms with E-state index in [1.807, 2.05) is 35.2 Å². The summed E-state index contributed by atoms with van der Waals surface area (Å²) in [6, 6.07) is 9.63. The quantitative estimate of drug-likeness (QED) is 0.600. The zero-order valence-electron chi connectivity index (χ0n) is 19.8. The monoisotopic (exact) mass is 482 g/mol. The lowest BCUT2D eigenvalue weighted by Crippen LogP contribution is -2.49. The average Bonchev–Trinajstić information content (AvgIpc) is 3.22. The topological polar surface area (TPSA) is 95.7 Å². The first-order valence-electron chi connectivity index (χ1n) is 12.3. The van der Waals surface area contributed by atoms with Crippen molar-refractivity contribution < 1.29 is 14.4 Å². The highest BCUT2D eigenvalue weighted by molar-refractivity contribution is 7.17. The Balaban J connectivity index is 1.37. The van der Waals surface area contributed by atoms with Gasteiger partial charge in [-0.1, -0.05) is 25.1 Å². The summed E-state index contributed by atoms with van der Waals surface area (Å²) in [7, 11) is 0. The molecule has 1 saturated heterocycles. The van der Waals surface area contributed by atoms with E-state index in [9.17, 15) is 14.4 Å². The van der Waals surface area contributed by atoms with E-state index in [2.05, 4.69) is 17.1 Å². The zero-order chi connectivity index (χ0) is 24.1. The highest BCUT2D eigenvalue weighted by atomic mass is 32.1. The van der Waals surface area contributed by atoms with Crippen LogP contribution in [0.4, 0.5) is 5.00 Å². The Bertz CT molecular complexity index is 1030. The van der Waals surface area contributed by atoms with Crippen LogP contribution >= 0.6 is 11.3 Å². The van der Waals surface area contributed by atoms with E-state index < -0.39 is 5.91 Å². The van der Waals surface area contributed by atoms with Crippen LogP contribution in [0, 0.1) is 0 Å². The fourth-order valence-electron chi connectivity index (χ4n) is 5.14. The molecule has 2 heterocycles. The van der Waals surface area contributed by atoms with Crippen LogP contribution in [-0.4, -0.2) is 59.7 Å². The molecule has 0 bridgehead atoms. The summed E-state index contributed by atoms with van der Waals surface area (Å²) >= 11 is 1.50. The number of carbonyl (C=O) groups excluding carboxylic acids is 3. The predicted octanol–water partition coefficient (Wildman–Crippen LogP) is 3.68. The lowest BCUT2D eigenvalue weighted by Gasteiger charge is -2.38. The summed E-state index contributed by atoms with van der Waals surface area (Å²) in [4.78, 5) is 43.2. The number of rotatable bonds is 8. The average molecular weight is 483 g/mol. The number of nitrogens with two attached hydrogens (primary N) is 1. The summed E-state index contributed by atoms with van der Waals surface area (Å²) in [5.74, 6) is -0.507. The van der Waals surface area contributed by atoms with Crippen LogP contribution in [-0.2, 0) is 17.6 Å². The second kappa shape index (κ2) is 11.1. The molecule has 3 N–H and O–H groups in total. The van der Waals surface area contributed by atoms with E-state index in [1.54, 1.807) is 0 Å². The molecule has 1 aromatic carbocycles. The molecule has 7 nitrogen and oxygen atoms in total. The molecule has 34 heavy (non-hydrogen) atoms. The number of nitrogens with one attached hydrogen (secondary N) is 1. The van der Waals surface area contributed by atoms with Gasteiger partial charge < -0.3 is 16.0 Å². The number of hydrogen-bond acceptors (Lipinski definition) is 5. The molecule has 0 spiro atoms.